The van der Waals surface area contributed by atoms with E-state index in [9.17, 15) is 73.5 Å². The van der Waals surface area contributed by atoms with Gasteiger partial charge in [0.15, 0.2) is 5.96 Å². The monoisotopic (exact) mass is 1070 g/mol. The molecule has 9 amide bonds. The fourth-order valence-corrected chi connectivity index (χ4v) is 7.00. The molecule has 0 fully saturated rings. The molecule has 0 aliphatic rings. The number of aliphatic hydroxyl groups is 4. The third kappa shape index (κ3) is 24.7. The predicted molar refractivity (Wildman–Crippen MR) is 267 cm³/mol. The fraction of sp³-hybridized carbons (Fsp3) is 0.738. The molecule has 0 aromatic heterocycles. The van der Waals surface area contributed by atoms with Crippen LogP contribution in [0.4, 0.5) is 0 Å². The summed E-state index contributed by atoms with van der Waals surface area (Å²) < 4.78 is 0. The number of hydrogen-bond donors (Lipinski definition) is 18. The van der Waals surface area contributed by atoms with Crippen LogP contribution in [-0.2, 0) is 47.9 Å². The number of aliphatic imine (C=N–C) groups is 1. The van der Waals surface area contributed by atoms with E-state index < -0.39 is 151 Å². The lowest BCUT2D eigenvalue weighted by molar-refractivity contribution is -0.142. The van der Waals surface area contributed by atoms with Gasteiger partial charge in [-0.3, -0.25) is 48.1 Å². The third-order valence-corrected chi connectivity index (χ3v) is 11.4. The average Bonchev–Trinajstić information content (AvgIpc) is 3.29. The molecule has 0 aromatic carbocycles. The van der Waals surface area contributed by atoms with E-state index in [0.717, 1.165) is 13.8 Å². The molecular weight excluding hydrogens is 991 g/mol. The molecule has 0 spiro atoms. The van der Waals surface area contributed by atoms with Crippen LogP contribution in [0, 0.1) is 11.8 Å². The number of aliphatic hydroxyl groups excluding tert-OH is 4. The number of guanidine groups is 1. The molecular formula is C42H77N13O15S2. The van der Waals surface area contributed by atoms with Crippen molar-refractivity contribution in [2.75, 3.05) is 37.5 Å². The quantitative estimate of drug-likeness (QED) is 0.0123. The molecule has 412 valence electrons. The van der Waals surface area contributed by atoms with Crippen LogP contribution in [0.5, 0.6) is 0 Å². The molecule has 72 heavy (non-hydrogen) atoms. The number of hydrogen-bond acceptors (Lipinski definition) is 18. The highest BCUT2D eigenvalue weighted by Crippen LogP contribution is 2.10. The van der Waals surface area contributed by atoms with Crippen molar-refractivity contribution < 1.29 is 73.5 Å². The molecule has 28 nitrogen and oxygen atoms in total. The van der Waals surface area contributed by atoms with E-state index in [1.165, 1.54) is 32.5 Å². The first-order valence-electron chi connectivity index (χ1n) is 23.0. The number of nitrogens with two attached hydrogens (primary N) is 3. The number of aliphatic carboxylic acids is 1. The Morgan fingerprint density at radius 1 is 0.583 bits per heavy atom. The van der Waals surface area contributed by atoms with Gasteiger partial charge < -0.3 is 90.6 Å². The number of rotatable bonds is 34. The Kier molecular flexibility index (Phi) is 31.4. The van der Waals surface area contributed by atoms with E-state index in [4.69, 9.17) is 17.2 Å². The molecule has 0 rings (SSSR count). The Bertz CT molecular complexity index is 1860. The lowest BCUT2D eigenvalue weighted by Crippen LogP contribution is -2.63. The van der Waals surface area contributed by atoms with Gasteiger partial charge in [-0.25, -0.2) is 4.79 Å². The number of carbonyl (C=O) groups excluding carboxylic acids is 9. The lowest BCUT2D eigenvalue weighted by atomic mass is 10.0. The van der Waals surface area contributed by atoms with Crippen LogP contribution in [0.2, 0.25) is 0 Å². The molecule has 0 radical (unpaired) electrons. The number of carbonyl (C=O) groups is 10. The van der Waals surface area contributed by atoms with Gasteiger partial charge in [-0.1, -0.05) is 27.7 Å². The van der Waals surface area contributed by atoms with Gasteiger partial charge >= 0.3 is 5.97 Å². The number of carboxylic acid groups (broad SMARTS) is 1. The molecule has 0 bridgehead atoms. The van der Waals surface area contributed by atoms with Crippen molar-refractivity contribution in [2.24, 2.45) is 34.0 Å². The van der Waals surface area contributed by atoms with Crippen LogP contribution in [-0.4, -0.2) is 201 Å². The van der Waals surface area contributed by atoms with Crippen molar-refractivity contribution in [3.05, 3.63) is 0 Å². The molecule has 20 N–H and O–H groups in total. The minimum absolute atomic E-state index is 0.0430. The van der Waals surface area contributed by atoms with Gasteiger partial charge in [-0.2, -0.15) is 24.4 Å². The van der Waals surface area contributed by atoms with Crippen molar-refractivity contribution in [3.63, 3.8) is 0 Å². The maximum Gasteiger partial charge on any atom is 0.326 e. The van der Waals surface area contributed by atoms with Crippen molar-refractivity contribution in [2.45, 2.75) is 147 Å². The largest absolute Gasteiger partial charge is 0.480 e. The summed E-state index contributed by atoms with van der Waals surface area (Å²) in [5.41, 5.74) is 16.3. The van der Waals surface area contributed by atoms with Gasteiger partial charge in [-0.15, -0.1) is 0 Å². The molecule has 12 atom stereocenters. The number of nitrogens with one attached hydrogen (secondary N) is 9. The van der Waals surface area contributed by atoms with E-state index in [1.54, 1.807) is 20.1 Å². The van der Waals surface area contributed by atoms with Gasteiger partial charge in [0.05, 0.1) is 31.5 Å². The summed E-state index contributed by atoms with van der Waals surface area (Å²) in [6.07, 6.45) is -2.51. The maximum atomic E-state index is 13.6. The molecule has 0 unspecified atom stereocenters. The zero-order chi connectivity index (χ0) is 55.6. The van der Waals surface area contributed by atoms with Crippen LogP contribution in [0.3, 0.4) is 0 Å². The Morgan fingerprint density at radius 3 is 1.51 bits per heavy atom. The van der Waals surface area contributed by atoms with Crippen LogP contribution in [0.1, 0.15) is 74.1 Å². The fourth-order valence-electron chi connectivity index (χ4n) is 6.27. The Labute approximate surface area is 427 Å². The van der Waals surface area contributed by atoms with Crippen molar-refractivity contribution in [1.82, 2.24) is 47.9 Å². The van der Waals surface area contributed by atoms with Crippen LogP contribution in [0.25, 0.3) is 0 Å². The molecule has 0 saturated heterocycles. The second-order valence-corrected chi connectivity index (χ2v) is 18.9. The van der Waals surface area contributed by atoms with Gasteiger partial charge in [0.2, 0.25) is 53.2 Å². The highest BCUT2D eigenvalue weighted by atomic mass is 32.2. The zero-order valence-corrected chi connectivity index (χ0v) is 43.5. The summed E-state index contributed by atoms with van der Waals surface area (Å²) in [5.74, 6) is -11.2. The summed E-state index contributed by atoms with van der Waals surface area (Å²) >= 11 is 5.49. The molecule has 0 aromatic rings. The van der Waals surface area contributed by atoms with E-state index in [0.29, 0.717) is 5.75 Å². The van der Waals surface area contributed by atoms with Gasteiger partial charge in [0, 0.05) is 12.3 Å². The normalized spacial score (nSPS) is 16.2. The predicted octanol–water partition coefficient (Wildman–Crippen LogP) is -7.03. The Balaban J connectivity index is 5.92. The number of thiol groups is 1. The molecule has 0 saturated carbocycles. The van der Waals surface area contributed by atoms with Gasteiger partial charge in [0.1, 0.15) is 54.4 Å². The summed E-state index contributed by atoms with van der Waals surface area (Å²) in [7, 11) is 0. The van der Waals surface area contributed by atoms with E-state index >= 15 is 0 Å². The first kappa shape index (κ1) is 66.5. The second-order valence-electron chi connectivity index (χ2n) is 17.6. The number of nitrogens with zero attached hydrogens (tertiary/aromatic N) is 1. The van der Waals surface area contributed by atoms with Gasteiger partial charge in [-0.05, 0) is 70.3 Å². The van der Waals surface area contributed by atoms with Crippen molar-refractivity contribution >= 4 is 89.5 Å². The average molecular weight is 1070 g/mol. The lowest BCUT2D eigenvalue weighted by Gasteiger charge is -2.29. The zero-order valence-electron chi connectivity index (χ0n) is 41.8. The van der Waals surface area contributed by atoms with Crippen LogP contribution in [0.15, 0.2) is 4.99 Å². The molecule has 30 heteroatoms. The minimum Gasteiger partial charge on any atom is -0.480 e. The minimum atomic E-state index is -1.82. The summed E-state index contributed by atoms with van der Waals surface area (Å²) in [4.78, 5) is 135. The number of carboxylic acids is 1. The SMILES string of the molecule is CSCC[C@H](NC(=O)[C@@H](N)[C@@H](C)O)C(=O)N[C@@H](CO)C(=O)NCC(=O)N[C@H](C(=O)N[C@H](C(=O)N[C@H](C(=O)N[C@@H](CS)C(=O)N[C@@H](CC(C)C)C(=O)N[C@@H](CCCN=C(N)N)C(=O)O)[C@@H](C)O)[C@@H](C)O)C(C)C. The van der Waals surface area contributed by atoms with Crippen molar-refractivity contribution in [3.8, 4) is 0 Å². The van der Waals surface area contributed by atoms with Crippen LogP contribution >= 0.6 is 24.4 Å². The summed E-state index contributed by atoms with van der Waals surface area (Å²) in [6.45, 7) is 8.42. The van der Waals surface area contributed by atoms with E-state index in [-0.39, 0.29) is 49.9 Å². The van der Waals surface area contributed by atoms with E-state index in [2.05, 4.69) is 65.5 Å². The highest BCUT2D eigenvalue weighted by Gasteiger charge is 2.37. The number of thioether (sulfide) groups is 1. The number of amides is 9. The van der Waals surface area contributed by atoms with Crippen molar-refractivity contribution in [1.29, 1.82) is 0 Å². The standard InChI is InChI=1S/C42H77N13O15S2/c1-18(2)14-25(35(63)49-24(41(69)70)10-9-12-46-42(44)45)50-36(64)27(17-71)52-39(67)31(21(6)58)55-40(68)32(22(7)59)54-38(66)30(19(3)4)53-28(60)15-47-33(61)26(16-56)51-34(62)23(11-13-72-8)48-37(65)29(43)20(5)57/h18-27,29-32,56-59,71H,9-17,43H2,1-8H3,(H,47,61)(H,48,65)(H,49,63)(H,50,64)(H,51,62)(H,52,67)(H,53,60)(H,54,66)(H,55,68)(H,69,70)(H4,44,45,46)/t20-,21-,22-,23+,24+,25+,26+,27+,29+,30+,31+,32+/m1/s1. The molecule has 0 aliphatic heterocycles. The second kappa shape index (κ2) is 34.0. The highest BCUT2D eigenvalue weighted by molar-refractivity contribution is 7.98. The first-order chi connectivity index (χ1) is 33.5. The van der Waals surface area contributed by atoms with E-state index in [1.807, 2.05) is 0 Å². The van der Waals surface area contributed by atoms with Crippen LogP contribution < -0.4 is 65.1 Å². The molecule has 0 aliphatic carbocycles. The maximum absolute atomic E-state index is 13.6. The smallest absolute Gasteiger partial charge is 0.326 e. The summed E-state index contributed by atoms with van der Waals surface area (Å²) in [5, 5.41) is 71.4. The molecule has 0 heterocycles. The Hall–Kier alpha value is -5.53. The Morgan fingerprint density at radius 2 is 1.06 bits per heavy atom. The topological polar surface area (TPSA) is 471 Å². The summed E-state index contributed by atoms with van der Waals surface area (Å²) in [6, 6.07) is -13.3. The third-order valence-electron chi connectivity index (χ3n) is 10.4. The van der Waals surface area contributed by atoms with Gasteiger partial charge in [0.25, 0.3) is 0 Å². The first-order valence-corrected chi connectivity index (χ1v) is 25.0.